The number of amides is 1. The minimum absolute atomic E-state index is 0.0590. The highest BCUT2D eigenvalue weighted by Gasteiger charge is 2.34. The van der Waals surface area contributed by atoms with Crippen molar-refractivity contribution < 1.29 is 22.7 Å². The van der Waals surface area contributed by atoms with Gasteiger partial charge in [0.15, 0.2) is 0 Å². The Labute approximate surface area is 170 Å². The summed E-state index contributed by atoms with van der Waals surface area (Å²) >= 11 is 0. The first-order valence-electron chi connectivity index (χ1n) is 9.81. The van der Waals surface area contributed by atoms with Gasteiger partial charge in [-0.05, 0) is 31.0 Å². The zero-order valence-corrected chi connectivity index (χ0v) is 17.0. The third-order valence-corrected chi connectivity index (χ3v) is 7.45. The molecule has 0 bridgehead atoms. The molecule has 0 saturated carbocycles. The molecule has 1 amide bonds. The predicted molar refractivity (Wildman–Crippen MR) is 108 cm³/mol. The van der Waals surface area contributed by atoms with Gasteiger partial charge in [0.1, 0.15) is 18.4 Å². The topological polar surface area (TPSA) is 107 Å². The number of carbonyl (C=O) groups is 1. The van der Waals surface area contributed by atoms with Crippen molar-refractivity contribution in [1.29, 1.82) is 0 Å². The number of nitrogens with two attached hydrogens (primary N) is 1. The molecule has 3 heterocycles. The molecule has 1 aromatic carbocycles. The first-order chi connectivity index (χ1) is 13.9. The number of aromatic nitrogens is 1. The molecule has 158 valence electrons. The van der Waals surface area contributed by atoms with Crippen LogP contribution >= 0.6 is 0 Å². The van der Waals surface area contributed by atoms with Crippen LogP contribution in [0.2, 0.25) is 0 Å². The van der Waals surface area contributed by atoms with Gasteiger partial charge >= 0.3 is 0 Å². The summed E-state index contributed by atoms with van der Waals surface area (Å²) in [4.78, 5) is 11.2. The molecule has 1 aromatic heterocycles. The van der Waals surface area contributed by atoms with E-state index in [1.54, 1.807) is 8.87 Å². The Hall–Kier alpha value is -2.14. The van der Waals surface area contributed by atoms with Gasteiger partial charge in [-0.2, -0.15) is 17.0 Å². The fraction of sp³-hybridized carbons (Fsp3) is 0.526. The third-order valence-electron chi connectivity index (χ3n) is 5.42. The average Bonchev–Trinajstić information content (AvgIpc) is 3.12. The van der Waals surface area contributed by atoms with Gasteiger partial charge in [0.05, 0.1) is 18.7 Å². The van der Waals surface area contributed by atoms with Crippen LogP contribution in [-0.4, -0.2) is 73.0 Å². The second-order valence-corrected chi connectivity index (χ2v) is 9.26. The van der Waals surface area contributed by atoms with Crippen molar-refractivity contribution in [2.75, 3.05) is 39.4 Å². The van der Waals surface area contributed by atoms with Crippen LogP contribution in [0.3, 0.4) is 0 Å². The quantitative estimate of drug-likeness (QED) is 0.732. The summed E-state index contributed by atoms with van der Waals surface area (Å²) in [6.07, 6.45) is 3.01. The molecule has 4 rings (SSSR count). The molecule has 9 nitrogen and oxygen atoms in total. The number of benzene rings is 1. The van der Waals surface area contributed by atoms with Gasteiger partial charge in [0, 0.05) is 37.8 Å². The van der Waals surface area contributed by atoms with Crippen LogP contribution in [0.25, 0.3) is 10.9 Å². The van der Waals surface area contributed by atoms with E-state index in [1.807, 2.05) is 30.5 Å². The van der Waals surface area contributed by atoms with E-state index in [-0.39, 0.29) is 12.6 Å². The van der Waals surface area contributed by atoms with E-state index in [9.17, 15) is 13.2 Å². The van der Waals surface area contributed by atoms with Crippen LogP contribution in [0.4, 0.5) is 0 Å². The molecular weight excluding hydrogens is 396 g/mol. The van der Waals surface area contributed by atoms with Crippen molar-refractivity contribution >= 4 is 27.0 Å². The van der Waals surface area contributed by atoms with Crippen molar-refractivity contribution in [2.45, 2.75) is 25.5 Å². The van der Waals surface area contributed by atoms with Crippen LogP contribution in [0.5, 0.6) is 5.75 Å². The molecule has 0 radical (unpaired) electrons. The van der Waals surface area contributed by atoms with Crippen LogP contribution in [0.15, 0.2) is 30.5 Å². The summed E-state index contributed by atoms with van der Waals surface area (Å²) < 4.78 is 41.9. The molecule has 2 N–H and O–H groups in total. The number of piperidine rings is 1. The second-order valence-electron chi connectivity index (χ2n) is 7.33. The largest absolute Gasteiger partial charge is 0.490 e. The lowest BCUT2D eigenvalue weighted by molar-refractivity contribution is -0.118. The van der Waals surface area contributed by atoms with Crippen molar-refractivity contribution in [1.82, 2.24) is 13.2 Å². The Balaban J connectivity index is 1.41. The number of ether oxygens (including phenoxy) is 2. The van der Waals surface area contributed by atoms with Gasteiger partial charge in [0.2, 0.25) is 5.91 Å². The van der Waals surface area contributed by atoms with Crippen LogP contribution in [0.1, 0.15) is 12.8 Å². The summed E-state index contributed by atoms with van der Waals surface area (Å²) in [5, 5.41) is 0.914. The predicted octanol–water partition coefficient (Wildman–Crippen LogP) is 0.547. The van der Waals surface area contributed by atoms with Crippen molar-refractivity contribution in [3.8, 4) is 5.75 Å². The Morgan fingerprint density at radius 1 is 1.10 bits per heavy atom. The highest BCUT2D eigenvalue weighted by Crippen LogP contribution is 2.29. The highest BCUT2D eigenvalue weighted by molar-refractivity contribution is 7.86. The van der Waals surface area contributed by atoms with Gasteiger partial charge in [0.25, 0.3) is 10.2 Å². The fourth-order valence-corrected chi connectivity index (χ4v) is 5.51. The molecule has 2 aliphatic heterocycles. The molecule has 10 heteroatoms. The number of morpholine rings is 1. The first kappa shape index (κ1) is 20.1. The van der Waals surface area contributed by atoms with Gasteiger partial charge < -0.3 is 19.8 Å². The summed E-state index contributed by atoms with van der Waals surface area (Å²) in [5.74, 6) is 0.336. The van der Waals surface area contributed by atoms with Crippen molar-refractivity contribution in [3.05, 3.63) is 30.5 Å². The van der Waals surface area contributed by atoms with Gasteiger partial charge in [-0.1, -0.05) is 6.07 Å². The maximum Gasteiger partial charge on any atom is 0.282 e. The molecule has 0 unspecified atom stereocenters. The van der Waals surface area contributed by atoms with E-state index >= 15 is 0 Å². The standard InChI is InChI=1S/C19H26N4O5S/c20-19(24)14-21-7-6-16-17(21)2-1-3-18(16)28-15-4-8-22(9-5-15)29(25,26)23-10-12-27-13-11-23/h1-3,6-7,15H,4-5,8-14H2,(H2,20,24). The maximum atomic E-state index is 12.8. The minimum atomic E-state index is -3.44. The Kier molecular flexibility index (Phi) is 5.77. The van der Waals surface area contributed by atoms with Crippen molar-refractivity contribution in [3.63, 3.8) is 0 Å². The third kappa shape index (κ3) is 4.25. The maximum absolute atomic E-state index is 12.8. The van der Waals surface area contributed by atoms with E-state index in [0.29, 0.717) is 52.2 Å². The SMILES string of the molecule is NC(=O)Cn1ccc2c(OC3CCN(S(=O)(=O)N4CCOCC4)CC3)cccc21. The summed E-state index contributed by atoms with van der Waals surface area (Å²) in [6.45, 7) is 2.68. The number of nitrogens with zero attached hydrogens (tertiary/aromatic N) is 3. The Bertz CT molecular complexity index is 976. The Morgan fingerprint density at radius 3 is 2.48 bits per heavy atom. The average molecular weight is 423 g/mol. The van der Waals surface area contributed by atoms with E-state index in [1.165, 1.54) is 4.31 Å². The van der Waals surface area contributed by atoms with E-state index in [2.05, 4.69) is 0 Å². The van der Waals surface area contributed by atoms with Gasteiger partial charge in [-0.15, -0.1) is 0 Å². The molecule has 29 heavy (non-hydrogen) atoms. The van der Waals surface area contributed by atoms with E-state index in [0.717, 1.165) is 16.7 Å². The number of carbonyl (C=O) groups excluding carboxylic acids is 1. The lowest BCUT2D eigenvalue weighted by Gasteiger charge is -2.36. The lowest BCUT2D eigenvalue weighted by Crippen LogP contribution is -2.51. The molecule has 0 atom stereocenters. The number of fused-ring (bicyclic) bond motifs is 1. The van der Waals surface area contributed by atoms with Crippen LogP contribution < -0.4 is 10.5 Å². The zero-order chi connectivity index (χ0) is 20.4. The summed E-state index contributed by atoms with van der Waals surface area (Å²) in [5.41, 5.74) is 6.19. The Morgan fingerprint density at radius 2 is 1.79 bits per heavy atom. The lowest BCUT2D eigenvalue weighted by atomic mass is 10.1. The molecule has 2 fully saturated rings. The summed E-state index contributed by atoms with van der Waals surface area (Å²) in [7, 11) is -3.44. The van der Waals surface area contributed by atoms with Gasteiger partial charge in [-0.3, -0.25) is 4.79 Å². The monoisotopic (exact) mass is 422 g/mol. The smallest absolute Gasteiger partial charge is 0.282 e. The number of rotatable bonds is 6. The molecule has 2 saturated heterocycles. The zero-order valence-electron chi connectivity index (χ0n) is 16.2. The van der Waals surface area contributed by atoms with Crippen LogP contribution in [-0.2, 0) is 26.3 Å². The van der Waals surface area contributed by atoms with Crippen LogP contribution in [0, 0.1) is 0 Å². The van der Waals surface area contributed by atoms with Gasteiger partial charge in [-0.25, -0.2) is 0 Å². The first-order valence-corrected chi connectivity index (χ1v) is 11.2. The molecule has 2 aliphatic rings. The molecule has 2 aromatic rings. The summed E-state index contributed by atoms with van der Waals surface area (Å²) in [6, 6.07) is 7.61. The van der Waals surface area contributed by atoms with Crippen molar-refractivity contribution in [2.24, 2.45) is 5.73 Å². The second kappa shape index (κ2) is 8.31. The molecule has 0 spiro atoms. The minimum Gasteiger partial charge on any atom is -0.490 e. The highest BCUT2D eigenvalue weighted by atomic mass is 32.2. The number of hydrogen-bond donors (Lipinski definition) is 1. The molecular formula is C19H26N4O5S. The van der Waals surface area contributed by atoms with E-state index < -0.39 is 16.1 Å². The fourth-order valence-electron chi connectivity index (χ4n) is 3.90. The van der Waals surface area contributed by atoms with E-state index in [4.69, 9.17) is 15.2 Å². The molecule has 0 aliphatic carbocycles. The number of hydrogen-bond acceptors (Lipinski definition) is 5. The number of primary amides is 1. The normalized spacial score (nSPS) is 20.1.